The molecule has 2 aliphatic rings. The van der Waals surface area contributed by atoms with Crippen molar-refractivity contribution in [2.75, 3.05) is 6.54 Å². The van der Waals surface area contributed by atoms with Crippen LogP contribution in [0, 0.1) is 6.92 Å². The van der Waals surface area contributed by atoms with Crippen molar-refractivity contribution >= 4 is 5.91 Å². The van der Waals surface area contributed by atoms with E-state index in [0.29, 0.717) is 11.7 Å². The number of amides is 1. The molecule has 1 aromatic carbocycles. The Labute approximate surface area is 148 Å². The summed E-state index contributed by atoms with van der Waals surface area (Å²) in [6.07, 6.45) is 5.01. The van der Waals surface area contributed by atoms with Gasteiger partial charge in [-0.1, -0.05) is 17.7 Å². The molecule has 0 saturated carbocycles. The van der Waals surface area contributed by atoms with Crippen LogP contribution in [0.5, 0.6) is 0 Å². The van der Waals surface area contributed by atoms with E-state index < -0.39 is 0 Å². The van der Waals surface area contributed by atoms with Gasteiger partial charge in [0.1, 0.15) is 0 Å². The third-order valence-corrected chi connectivity index (χ3v) is 5.38. The summed E-state index contributed by atoms with van der Waals surface area (Å²) in [6.45, 7) is 5.21. The first-order chi connectivity index (χ1) is 12.1. The lowest BCUT2D eigenvalue weighted by atomic mass is 10.0. The fraction of sp³-hybridized carbons (Fsp3) is 0.500. The highest BCUT2D eigenvalue weighted by molar-refractivity contribution is 5.94. The molecule has 5 heteroatoms. The highest BCUT2D eigenvalue weighted by Crippen LogP contribution is 2.28. The van der Waals surface area contributed by atoms with Gasteiger partial charge in [0.25, 0.3) is 5.91 Å². The maximum Gasteiger partial charge on any atom is 0.272 e. The molecule has 4 rings (SSSR count). The number of fused-ring (bicyclic) bond motifs is 1. The van der Waals surface area contributed by atoms with E-state index in [1.54, 1.807) is 0 Å². The van der Waals surface area contributed by atoms with Gasteiger partial charge in [0, 0.05) is 23.3 Å². The van der Waals surface area contributed by atoms with E-state index in [-0.39, 0.29) is 11.9 Å². The number of aromatic nitrogens is 2. The van der Waals surface area contributed by atoms with Crippen molar-refractivity contribution in [3.8, 4) is 5.69 Å². The number of rotatable bonds is 3. The van der Waals surface area contributed by atoms with E-state index in [4.69, 9.17) is 5.10 Å². The first-order valence-corrected chi connectivity index (χ1v) is 9.34. The SMILES string of the molecule is Cc1ccc(-n2nc(C(=O)NC3CCNC(C)C3)c3c2CCC3)cc1. The largest absolute Gasteiger partial charge is 0.348 e. The summed E-state index contributed by atoms with van der Waals surface area (Å²) in [7, 11) is 0. The number of hydrogen-bond acceptors (Lipinski definition) is 3. The molecular formula is C20H26N4O. The van der Waals surface area contributed by atoms with Gasteiger partial charge in [0.05, 0.1) is 5.69 Å². The van der Waals surface area contributed by atoms with Crippen LogP contribution >= 0.6 is 0 Å². The zero-order valence-corrected chi connectivity index (χ0v) is 15.0. The highest BCUT2D eigenvalue weighted by Gasteiger charge is 2.28. The summed E-state index contributed by atoms with van der Waals surface area (Å²) in [6, 6.07) is 9.04. The second-order valence-electron chi connectivity index (χ2n) is 7.42. The lowest BCUT2D eigenvalue weighted by Crippen LogP contribution is -2.46. The van der Waals surface area contributed by atoms with Crippen molar-refractivity contribution in [3.63, 3.8) is 0 Å². The molecule has 1 saturated heterocycles. The van der Waals surface area contributed by atoms with Crippen molar-refractivity contribution in [2.24, 2.45) is 0 Å². The standard InChI is InChI=1S/C20H26N4O/c1-13-6-8-16(9-7-13)24-18-5-3-4-17(18)19(23-24)20(25)22-15-10-11-21-14(2)12-15/h6-9,14-15,21H,3-5,10-12H2,1-2H3,(H,22,25). The predicted molar refractivity (Wildman–Crippen MR) is 98.3 cm³/mol. The molecule has 1 aliphatic heterocycles. The smallest absolute Gasteiger partial charge is 0.272 e. The van der Waals surface area contributed by atoms with Crippen LogP contribution in [0.1, 0.15) is 53.5 Å². The van der Waals surface area contributed by atoms with E-state index in [0.717, 1.165) is 49.9 Å². The molecule has 0 radical (unpaired) electrons. The minimum absolute atomic E-state index is 0.0110. The molecule has 0 bridgehead atoms. The second-order valence-corrected chi connectivity index (χ2v) is 7.42. The maximum absolute atomic E-state index is 12.9. The molecule has 1 amide bonds. The quantitative estimate of drug-likeness (QED) is 0.904. The van der Waals surface area contributed by atoms with Gasteiger partial charge >= 0.3 is 0 Å². The average molecular weight is 338 g/mol. The van der Waals surface area contributed by atoms with Crippen LogP contribution in [-0.4, -0.2) is 34.3 Å². The first-order valence-electron chi connectivity index (χ1n) is 9.34. The monoisotopic (exact) mass is 338 g/mol. The molecule has 5 nitrogen and oxygen atoms in total. The van der Waals surface area contributed by atoms with E-state index in [2.05, 4.69) is 48.7 Å². The zero-order valence-electron chi connectivity index (χ0n) is 15.0. The van der Waals surface area contributed by atoms with Crippen LogP contribution in [0.25, 0.3) is 5.69 Å². The van der Waals surface area contributed by atoms with Crippen molar-refractivity contribution < 1.29 is 4.79 Å². The Morgan fingerprint density at radius 3 is 2.84 bits per heavy atom. The van der Waals surface area contributed by atoms with Gasteiger partial charge in [-0.3, -0.25) is 4.79 Å². The second kappa shape index (κ2) is 6.64. The van der Waals surface area contributed by atoms with Crippen molar-refractivity contribution in [2.45, 2.75) is 58.0 Å². The summed E-state index contributed by atoms with van der Waals surface area (Å²) < 4.78 is 1.97. The molecule has 1 aromatic heterocycles. The van der Waals surface area contributed by atoms with Gasteiger partial charge in [0.15, 0.2) is 5.69 Å². The molecule has 0 spiro atoms. The number of hydrogen-bond donors (Lipinski definition) is 2. The van der Waals surface area contributed by atoms with Gasteiger partial charge in [0.2, 0.25) is 0 Å². The van der Waals surface area contributed by atoms with Gasteiger partial charge in [-0.2, -0.15) is 5.10 Å². The van der Waals surface area contributed by atoms with Gasteiger partial charge in [-0.15, -0.1) is 0 Å². The molecular weight excluding hydrogens is 312 g/mol. The van der Waals surface area contributed by atoms with E-state index in [1.807, 2.05) is 4.68 Å². The molecule has 132 valence electrons. The van der Waals surface area contributed by atoms with E-state index in [1.165, 1.54) is 11.3 Å². The van der Waals surface area contributed by atoms with E-state index in [9.17, 15) is 4.79 Å². The Bertz CT molecular complexity index is 778. The van der Waals surface area contributed by atoms with Gasteiger partial charge in [-0.25, -0.2) is 4.68 Å². The molecule has 2 unspecified atom stereocenters. The number of piperidine rings is 1. The van der Waals surface area contributed by atoms with Crippen LogP contribution in [0.4, 0.5) is 0 Å². The van der Waals surface area contributed by atoms with Crippen molar-refractivity contribution in [3.05, 3.63) is 46.8 Å². The minimum Gasteiger partial charge on any atom is -0.348 e. The van der Waals surface area contributed by atoms with Crippen molar-refractivity contribution in [1.82, 2.24) is 20.4 Å². The number of carbonyl (C=O) groups excluding carboxylic acids is 1. The molecule has 1 fully saturated rings. The van der Waals surface area contributed by atoms with Crippen LogP contribution in [0.3, 0.4) is 0 Å². The van der Waals surface area contributed by atoms with E-state index >= 15 is 0 Å². The highest BCUT2D eigenvalue weighted by atomic mass is 16.2. The van der Waals surface area contributed by atoms with Crippen LogP contribution < -0.4 is 10.6 Å². The molecule has 2 atom stereocenters. The molecule has 2 N–H and O–H groups in total. The van der Waals surface area contributed by atoms with Gasteiger partial charge in [-0.05, 0) is 64.6 Å². The topological polar surface area (TPSA) is 59.0 Å². The Hall–Kier alpha value is -2.14. The van der Waals surface area contributed by atoms with Crippen LogP contribution in [0.2, 0.25) is 0 Å². The number of benzene rings is 1. The summed E-state index contributed by atoms with van der Waals surface area (Å²) in [5.74, 6) is -0.0110. The lowest BCUT2D eigenvalue weighted by Gasteiger charge is -2.28. The number of nitrogens with one attached hydrogen (secondary N) is 2. The lowest BCUT2D eigenvalue weighted by molar-refractivity contribution is 0.0919. The van der Waals surface area contributed by atoms with Crippen LogP contribution in [-0.2, 0) is 12.8 Å². The first kappa shape index (κ1) is 16.3. The van der Waals surface area contributed by atoms with Gasteiger partial charge < -0.3 is 10.6 Å². The van der Waals surface area contributed by atoms with Crippen LogP contribution in [0.15, 0.2) is 24.3 Å². The Kier molecular flexibility index (Phi) is 4.34. The normalized spacial score (nSPS) is 22.6. The Morgan fingerprint density at radius 1 is 1.28 bits per heavy atom. The maximum atomic E-state index is 12.9. The molecule has 1 aliphatic carbocycles. The summed E-state index contributed by atoms with van der Waals surface area (Å²) in [4.78, 5) is 12.9. The average Bonchev–Trinajstić information content (AvgIpc) is 3.18. The minimum atomic E-state index is -0.0110. The fourth-order valence-electron chi connectivity index (χ4n) is 4.04. The summed E-state index contributed by atoms with van der Waals surface area (Å²) in [5.41, 5.74) is 5.23. The Morgan fingerprint density at radius 2 is 2.08 bits per heavy atom. The third kappa shape index (κ3) is 3.21. The molecule has 2 aromatic rings. The number of aryl methyl sites for hydroxylation is 1. The van der Waals surface area contributed by atoms with Crippen molar-refractivity contribution in [1.29, 1.82) is 0 Å². The zero-order chi connectivity index (χ0) is 17.4. The fourth-order valence-corrected chi connectivity index (χ4v) is 4.04. The predicted octanol–water partition coefficient (Wildman–Crippen LogP) is 2.54. The number of nitrogens with zero attached hydrogens (tertiary/aromatic N) is 2. The summed E-state index contributed by atoms with van der Waals surface area (Å²) >= 11 is 0. The molecule has 2 heterocycles. The third-order valence-electron chi connectivity index (χ3n) is 5.38. The summed E-state index contributed by atoms with van der Waals surface area (Å²) in [5, 5.41) is 11.3. The molecule has 25 heavy (non-hydrogen) atoms. The Balaban J connectivity index is 1.61. The number of carbonyl (C=O) groups is 1.